The van der Waals surface area contributed by atoms with Crippen LogP contribution in [0.25, 0.3) is 10.4 Å². The minimum atomic E-state index is -0.377. The zero-order valence-electron chi connectivity index (χ0n) is 14.8. The van der Waals surface area contributed by atoms with E-state index in [-0.39, 0.29) is 18.2 Å². The molecule has 0 saturated heterocycles. The number of hydrogen-bond donors (Lipinski definition) is 0. The van der Waals surface area contributed by atoms with Crippen LogP contribution in [-0.4, -0.2) is 26.5 Å². The molecule has 0 amide bonds. The SMILES string of the molecule is CCOC(=O)c1csc(-c2ccc(C(C)(C)C)cc2)c1OCOC. The quantitative estimate of drug-likeness (QED) is 0.552. The topological polar surface area (TPSA) is 44.8 Å². The van der Waals surface area contributed by atoms with E-state index in [1.807, 2.05) is 0 Å². The molecule has 1 aromatic carbocycles. The third-order valence-corrected chi connectivity index (χ3v) is 4.59. The summed E-state index contributed by atoms with van der Waals surface area (Å²) in [6, 6.07) is 8.33. The van der Waals surface area contributed by atoms with E-state index in [1.54, 1.807) is 19.4 Å². The zero-order chi connectivity index (χ0) is 17.7. The molecular weight excluding hydrogens is 324 g/mol. The molecular formula is C19H24O4S. The highest BCUT2D eigenvalue weighted by molar-refractivity contribution is 7.14. The number of rotatable bonds is 6. The molecule has 0 aliphatic heterocycles. The van der Waals surface area contributed by atoms with Gasteiger partial charge in [-0.2, -0.15) is 0 Å². The highest BCUT2D eigenvalue weighted by Crippen LogP contribution is 2.40. The van der Waals surface area contributed by atoms with Gasteiger partial charge in [-0.3, -0.25) is 0 Å². The van der Waals surface area contributed by atoms with E-state index in [1.165, 1.54) is 16.9 Å². The number of carbonyl (C=O) groups is 1. The van der Waals surface area contributed by atoms with Crippen molar-refractivity contribution in [1.82, 2.24) is 0 Å². The third-order valence-electron chi connectivity index (χ3n) is 3.58. The van der Waals surface area contributed by atoms with E-state index < -0.39 is 0 Å². The lowest BCUT2D eigenvalue weighted by Gasteiger charge is -2.19. The van der Waals surface area contributed by atoms with Crippen molar-refractivity contribution in [2.45, 2.75) is 33.1 Å². The zero-order valence-corrected chi connectivity index (χ0v) is 15.7. The maximum absolute atomic E-state index is 12.1. The highest BCUT2D eigenvalue weighted by atomic mass is 32.1. The average Bonchev–Trinajstić information content (AvgIpc) is 2.96. The molecule has 1 aromatic heterocycles. The van der Waals surface area contributed by atoms with Gasteiger partial charge in [0.25, 0.3) is 0 Å². The van der Waals surface area contributed by atoms with Crippen molar-refractivity contribution in [1.29, 1.82) is 0 Å². The summed E-state index contributed by atoms with van der Waals surface area (Å²) in [5.74, 6) is 0.140. The van der Waals surface area contributed by atoms with Crippen molar-refractivity contribution in [2.24, 2.45) is 0 Å². The van der Waals surface area contributed by atoms with Gasteiger partial charge >= 0.3 is 5.97 Å². The highest BCUT2D eigenvalue weighted by Gasteiger charge is 2.22. The Morgan fingerprint density at radius 1 is 1.17 bits per heavy atom. The van der Waals surface area contributed by atoms with E-state index in [0.29, 0.717) is 17.9 Å². The molecule has 0 radical (unpaired) electrons. The molecule has 0 spiro atoms. The minimum absolute atomic E-state index is 0.0796. The van der Waals surface area contributed by atoms with Gasteiger partial charge in [0.1, 0.15) is 5.56 Å². The van der Waals surface area contributed by atoms with Gasteiger partial charge in [0.05, 0.1) is 11.5 Å². The van der Waals surface area contributed by atoms with Crippen molar-refractivity contribution >= 4 is 17.3 Å². The number of methoxy groups -OCH3 is 1. The fraction of sp³-hybridized carbons (Fsp3) is 0.421. The summed E-state index contributed by atoms with van der Waals surface area (Å²) in [5.41, 5.74) is 2.80. The van der Waals surface area contributed by atoms with Gasteiger partial charge in [-0.15, -0.1) is 11.3 Å². The molecule has 0 N–H and O–H groups in total. The molecule has 1 heterocycles. The maximum Gasteiger partial charge on any atom is 0.342 e. The molecule has 0 aliphatic rings. The van der Waals surface area contributed by atoms with Crippen molar-refractivity contribution in [3.63, 3.8) is 0 Å². The summed E-state index contributed by atoms with van der Waals surface area (Å²) in [7, 11) is 1.55. The standard InChI is InChI=1S/C19H24O4S/c1-6-22-18(20)15-11-24-17(16(15)23-12-21-5)13-7-9-14(10-8-13)19(2,3)4/h7-11H,6,12H2,1-5H3. The van der Waals surface area contributed by atoms with Crippen LogP contribution in [-0.2, 0) is 14.9 Å². The van der Waals surface area contributed by atoms with Crippen LogP contribution in [0.2, 0.25) is 0 Å². The van der Waals surface area contributed by atoms with Gasteiger partial charge in [-0.25, -0.2) is 4.79 Å². The first-order chi connectivity index (χ1) is 11.4. The lowest BCUT2D eigenvalue weighted by Crippen LogP contribution is -2.10. The van der Waals surface area contributed by atoms with Crippen LogP contribution >= 0.6 is 11.3 Å². The molecule has 5 heteroatoms. The predicted molar refractivity (Wildman–Crippen MR) is 96.9 cm³/mol. The van der Waals surface area contributed by atoms with Gasteiger partial charge < -0.3 is 14.2 Å². The summed E-state index contributed by atoms with van der Waals surface area (Å²) in [6.07, 6.45) is 0. The van der Waals surface area contributed by atoms with Crippen LogP contribution in [0.5, 0.6) is 5.75 Å². The molecule has 2 aromatic rings. The number of benzene rings is 1. The first kappa shape index (κ1) is 18.5. The molecule has 4 nitrogen and oxygen atoms in total. The Balaban J connectivity index is 2.40. The molecule has 2 rings (SSSR count). The maximum atomic E-state index is 12.1. The number of ether oxygens (including phenoxy) is 3. The Hall–Kier alpha value is -1.85. The van der Waals surface area contributed by atoms with E-state index in [0.717, 1.165) is 10.4 Å². The molecule has 0 saturated carbocycles. The van der Waals surface area contributed by atoms with Crippen LogP contribution in [0, 0.1) is 0 Å². The van der Waals surface area contributed by atoms with Crippen molar-refractivity contribution < 1.29 is 19.0 Å². The second-order valence-corrected chi connectivity index (χ2v) is 7.29. The molecule has 0 aliphatic carbocycles. The predicted octanol–water partition coefficient (Wildman–Crippen LogP) is 4.87. The summed E-state index contributed by atoms with van der Waals surface area (Å²) in [5, 5.41) is 1.77. The van der Waals surface area contributed by atoms with Gasteiger partial charge in [0, 0.05) is 12.5 Å². The Labute approximate surface area is 147 Å². The largest absolute Gasteiger partial charge is 0.465 e. The molecule has 0 unspecified atom stereocenters. The van der Waals surface area contributed by atoms with Crippen LogP contribution in [0.15, 0.2) is 29.6 Å². The number of carbonyl (C=O) groups excluding carboxylic acids is 1. The van der Waals surface area contributed by atoms with Gasteiger partial charge in [-0.05, 0) is 23.5 Å². The van der Waals surface area contributed by atoms with Gasteiger partial charge in [0.15, 0.2) is 12.5 Å². The second-order valence-electron chi connectivity index (χ2n) is 6.41. The summed E-state index contributed by atoms with van der Waals surface area (Å²) < 4.78 is 15.8. The Bertz CT molecular complexity index is 680. The Morgan fingerprint density at radius 2 is 1.83 bits per heavy atom. The minimum Gasteiger partial charge on any atom is -0.465 e. The first-order valence-electron chi connectivity index (χ1n) is 7.89. The number of hydrogen-bond acceptors (Lipinski definition) is 5. The molecule has 130 valence electrons. The Kier molecular flexibility index (Phi) is 6.02. The fourth-order valence-corrected chi connectivity index (χ4v) is 3.27. The molecule has 0 atom stereocenters. The van der Waals surface area contributed by atoms with Crippen LogP contribution in [0.1, 0.15) is 43.6 Å². The Morgan fingerprint density at radius 3 is 2.38 bits per heavy atom. The van der Waals surface area contributed by atoms with E-state index in [4.69, 9.17) is 14.2 Å². The van der Waals surface area contributed by atoms with E-state index in [9.17, 15) is 4.79 Å². The molecule has 0 bridgehead atoms. The van der Waals surface area contributed by atoms with Crippen LogP contribution in [0.4, 0.5) is 0 Å². The van der Waals surface area contributed by atoms with Crippen LogP contribution in [0.3, 0.4) is 0 Å². The fourth-order valence-electron chi connectivity index (χ4n) is 2.28. The summed E-state index contributed by atoms with van der Waals surface area (Å²) in [4.78, 5) is 13.0. The lowest BCUT2D eigenvalue weighted by molar-refractivity contribution is 0.0444. The van der Waals surface area contributed by atoms with E-state index in [2.05, 4.69) is 45.0 Å². The van der Waals surface area contributed by atoms with E-state index >= 15 is 0 Å². The van der Waals surface area contributed by atoms with Crippen LogP contribution < -0.4 is 4.74 Å². The molecule has 0 fully saturated rings. The van der Waals surface area contributed by atoms with Gasteiger partial charge in [-0.1, -0.05) is 45.0 Å². The first-order valence-corrected chi connectivity index (χ1v) is 8.77. The van der Waals surface area contributed by atoms with Crippen molar-refractivity contribution in [2.75, 3.05) is 20.5 Å². The molecule has 24 heavy (non-hydrogen) atoms. The van der Waals surface area contributed by atoms with Gasteiger partial charge in [0.2, 0.25) is 0 Å². The van der Waals surface area contributed by atoms with Crippen molar-refractivity contribution in [3.8, 4) is 16.2 Å². The smallest absolute Gasteiger partial charge is 0.342 e. The van der Waals surface area contributed by atoms with Crippen molar-refractivity contribution in [3.05, 3.63) is 40.8 Å². The third kappa shape index (κ3) is 4.16. The normalized spacial score (nSPS) is 11.4. The number of esters is 1. The summed E-state index contributed by atoms with van der Waals surface area (Å²) in [6.45, 7) is 8.73. The lowest BCUT2D eigenvalue weighted by atomic mass is 9.86. The summed E-state index contributed by atoms with van der Waals surface area (Å²) >= 11 is 1.47. The second kappa shape index (κ2) is 7.81. The average molecular weight is 348 g/mol. The number of thiophene rings is 1. The monoisotopic (exact) mass is 348 g/mol.